The second-order valence-electron chi connectivity index (χ2n) is 9.28. The normalized spacial score (nSPS) is 19.2. The smallest absolute Gasteiger partial charge is 0.223 e. The topological polar surface area (TPSA) is 152 Å². The van der Waals surface area contributed by atoms with Gasteiger partial charge in [-0.2, -0.15) is 0 Å². The molecule has 1 amide bonds. The van der Waals surface area contributed by atoms with E-state index >= 15 is 0 Å². The molecule has 0 saturated carbocycles. The minimum atomic E-state index is -3.28. The molecule has 2 fully saturated rings. The zero-order chi connectivity index (χ0) is 25.5. The largest absolute Gasteiger partial charge is 0.360 e. The van der Waals surface area contributed by atoms with E-state index in [-0.39, 0.29) is 36.1 Å². The zero-order valence-electron chi connectivity index (χ0n) is 20.6. The Morgan fingerprint density at radius 3 is 2.67 bits per heavy atom. The second-order valence-corrected chi connectivity index (χ2v) is 11.3. The van der Waals surface area contributed by atoms with Gasteiger partial charge in [0.15, 0.2) is 15.7 Å². The molecular formula is C24H35N7O4S. The van der Waals surface area contributed by atoms with Gasteiger partial charge >= 0.3 is 0 Å². The lowest BCUT2D eigenvalue weighted by Crippen LogP contribution is -2.50. The number of nitrogens with one attached hydrogen (secondary N) is 3. The van der Waals surface area contributed by atoms with Gasteiger partial charge in [0.2, 0.25) is 5.91 Å². The van der Waals surface area contributed by atoms with Crippen molar-refractivity contribution in [2.45, 2.75) is 43.2 Å². The zero-order valence-corrected chi connectivity index (χ0v) is 21.4. The number of ether oxygens (including phenoxy) is 1. The summed E-state index contributed by atoms with van der Waals surface area (Å²) in [6, 6.07) is 6.52. The van der Waals surface area contributed by atoms with Crippen molar-refractivity contribution in [3.8, 4) is 0 Å². The molecule has 1 aromatic carbocycles. The highest BCUT2D eigenvalue weighted by atomic mass is 32.2. The molecule has 2 aliphatic heterocycles. The Bertz CT molecular complexity index is 1140. The standard InChI is InChI=1S/C24H35N7O4S/c1-36(33,34)20-6-4-18(5-7-20)28-23-21(15-35-16-25)27-13-22(30-23)31-12-2-3-19(14-31)29-24(32)17-8-10-26-11-9-17/h4-7,13,17,19,26H,2-3,8-12,14-16,25H2,1H3,(H,28,30)(H,29,32). The minimum absolute atomic E-state index is 0.0521. The summed E-state index contributed by atoms with van der Waals surface area (Å²) in [5.74, 6) is 1.42. The molecule has 2 aliphatic rings. The molecule has 1 atom stereocenters. The van der Waals surface area contributed by atoms with Crippen LogP contribution in [-0.4, -0.2) is 69.5 Å². The first-order valence-corrected chi connectivity index (χ1v) is 14.2. The number of benzene rings is 1. The molecule has 3 heterocycles. The van der Waals surface area contributed by atoms with Crippen molar-refractivity contribution in [3.05, 3.63) is 36.2 Å². The lowest BCUT2D eigenvalue weighted by atomic mass is 9.96. The second kappa shape index (κ2) is 12.0. The van der Waals surface area contributed by atoms with Crippen molar-refractivity contribution >= 4 is 33.1 Å². The van der Waals surface area contributed by atoms with Crippen molar-refractivity contribution in [1.82, 2.24) is 20.6 Å². The highest BCUT2D eigenvalue weighted by molar-refractivity contribution is 7.90. The first-order valence-electron chi connectivity index (χ1n) is 12.3. The predicted molar refractivity (Wildman–Crippen MR) is 138 cm³/mol. The number of hydrogen-bond acceptors (Lipinski definition) is 10. The number of anilines is 3. The Hall–Kier alpha value is -2.80. The average Bonchev–Trinajstić information content (AvgIpc) is 2.88. The fraction of sp³-hybridized carbons (Fsp3) is 0.542. The third kappa shape index (κ3) is 6.90. The van der Waals surface area contributed by atoms with Crippen molar-refractivity contribution < 1.29 is 17.9 Å². The molecule has 4 rings (SSSR count). The van der Waals surface area contributed by atoms with E-state index in [1.165, 1.54) is 6.26 Å². The molecule has 11 nitrogen and oxygen atoms in total. The summed E-state index contributed by atoms with van der Waals surface area (Å²) in [5, 5.41) is 9.78. The van der Waals surface area contributed by atoms with E-state index in [0.717, 1.165) is 45.3 Å². The van der Waals surface area contributed by atoms with Crippen molar-refractivity contribution in [2.75, 3.05) is 49.4 Å². The fourth-order valence-corrected chi connectivity index (χ4v) is 5.18. The van der Waals surface area contributed by atoms with Gasteiger partial charge in [0.05, 0.1) is 24.4 Å². The van der Waals surface area contributed by atoms with Gasteiger partial charge in [-0.3, -0.25) is 9.78 Å². The van der Waals surface area contributed by atoms with E-state index in [1.807, 2.05) is 0 Å². The maximum Gasteiger partial charge on any atom is 0.223 e. The number of piperidine rings is 2. The van der Waals surface area contributed by atoms with E-state index in [0.29, 0.717) is 29.6 Å². The monoisotopic (exact) mass is 517 g/mol. The van der Waals surface area contributed by atoms with Crippen LogP contribution in [0.15, 0.2) is 35.4 Å². The van der Waals surface area contributed by atoms with Gasteiger partial charge in [0.25, 0.3) is 0 Å². The van der Waals surface area contributed by atoms with E-state index in [9.17, 15) is 13.2 Å². The van der Waals surface area contributed by atoms with Crippen LogP contribution in [0.5, 0.6) is 0 Å². The van der Waals surface area contributed by atoms with Crippen LogP contribution in [0.25, 0.3) is 0 Å². The molecule has 12 heteroatoms. The number of nitrogens with two attached hydrogens (primary N) is 1. The number of nitrogens with zero attached hydrogens (tertiary/aromatic N) is 3. The third-order valence-electron chi connectivity index (χ3n) is 6.54. The molecule has 2 saturated heterocycles. The van der Waals surface area contributed by atoms with Crippen LogP contribution in [0.2, 0.25) is 0 Å². The molecule has 0 aliphatic carbocycles. The highest BCUT2D eigenvalue weighted by Crippen LogP contribution is 2.25. The third-order valence-corrected chi connectivity index (χ3v) is 7.67. The number of carbonyl (C=O) groups is 1. The van der Waals surface area contributed by atoms with Gasteiger partial charge in [-0.1, -0.05) is 0 Å². The molecule has 1 unspecified atom stereocenters. The van der Waals surface area contributed by atoms with Gasteiger partial charge in [-0.15, -0.1) is 0 Å². The Morgan fingerprint density at radius 2 is 1.97 bits per heavy atom. The summed E-state index contributed by atoms with van der Waals surface area (Å²) in [6.45, 7) is 3.48. The summed E-state index contributed by atoms with van der Waals surface area (Å²) >= 11 is 0. The lowest BCUT2D eigenvalue weighted by Gasteiger charge is -2.35. The van der Waals surface area contributed by atoms with E-state index in [2.05, 4.69) is 25.8 Å². The minimum Gasteiger partial charge on any atom is -0.360 e. The molecule has 0 radical (unpaired) electrons. The molecule has 5 N–H and O–H groups in total. The number of rotatable bonds is 9. The number of sulfone groups is 1. The van der Waals surface area contributed by atoms with Crippen LogP contribution in [0.4, 0.5) is 17.3 Å². The van der Waals surface area contributed by atoms with Crippen LogP contribution < -0.4 is 26.6 Å². The Morgan fingerprint density at radius 1 is 1.22 bits per heavy atom. The predicted octanol–water partition coefficient (Wildman–Crippen LogP) is 1.14. The van der Waals surface area contributed by atoms with Crippen LogP contribution >= 0.6 is 0 Å². The Balaban J connectivity index is 1.48. The fourth-order valence-electron chi connectivity index (χ4n) is 4.55. The maximum atomic E-state index is 12.7. The molecule has 0 spiro atoms. The maximum absolute atomic E-state index is 12.7. The van der Waals surface area contributed by atoms with Crippen LogP contribution in [0.3, 0.4) is 0 Å². The first kappa shape index (κ1) is 26.3. The number of aromatic nitrogens is 2. The summed E-state index contributed by atoms with van der Waals surface area (Å²) in [5.41, 5.74) is 6.76. The van der Waals surface area contributed by atoms with Crippen LogP contribution in [-0.2, 0) is 26.0 Å². The van der Waals surface area contributed by atoms with Crippen LogP contribution in [0.1, 0.15) is 31.4 Å². The van der Waals surface area contributed by atoms with Gasteiger partial charge in [-0.25, -0.2) is 13.4 Å². The number of amides is 1. The highest BCUT2D eigenvalue weighted by Gasteiger charge is 2.27. The number of carbonyl (C=O) groups excluding carboxylic acids is 1. The van der Waals surface area contributed by atoms with Crippen molar-refractivity contribution in [2.24, 2.45) is 11.7 Å². The van der Waals surface area contributed by atoms with Gasteiger partial charge < -0.3 is 31.3 Å². The summed E-state index contributed by atoms with van der Waals surface area (Å²) < 4.78 is 28.9. The Labute approximate surface area is 212 Å². The van der Waals surface area contributed by atoms with Crippen molar-refractivity contribution in [1.29, 1.82) is 0 Å². The Kier molecular flexibility index (Phi) is 8.72. The quantitative estimate of drug-likeness (QED) is 0.356. The average molecular weight is 518 g/mol. The van der Waals surface area contributed by atoms with E-state index < -0.39 is 9.84 Å². The van der Waals surface area contributed by atoms with E-state index in [4.69, 9.17) is 15.5 Å². The summed E-state index contributed by atoms with van der Waals surface area (Å²) in [6.07, 6.45) is 6.51. The summed E-state index contributed by atoms with van der Waals surface area (Å²) in [4.78, 5) is 24.5. The van der Waals surface area contributed by atoms with Crippen LogP contribution in [0, 0.1) is 5.92 Å². The molecule has 36 heavy (non-hydrogen) atoms. The molecule has 196 valence electrons. The first-order chi connectivity index (χ1) is 17.3. The van der Waals surface area contributed by atoms with Gasteiger partial charge in [0.1, 0.15) is 11.5 Å². The molecular weight excluding hydrogens is 482 g/mol. The molecule has 0 bridgehead atoms. The number of hydrogen-bond donors (Lipinski definition) is 4. The van der Waals surface area contributed by atoms with E-state index in [1.54, 1.807) is 30.5 Å². The lowest BCUT2D eigenvalue weighted by molar-refractivity contribution is -0.126. The molecule has 2 aromatic rings. The van der Waals surface area contributed by atoms with Crippen molar-refractivity contribution in [3.63, 3.8) is 0 Å². The summed E-state index contributed by atoms with van der Waals surface area (Å²) in [7, 11) is -3.28. The molecule has 1 aromatic heterocycles. The van der Waals surface area contributed by atoms with Gasteiger partial charge in [0, 0.05) is 37.0 Å². The SMILES string of the molecule is CS(=O)(=O)c1ccc(Nc2nc(N3CCCC(NC(=O)C4CCNCC4)C3)cnc2COCN)cc1. The van der Waals surface area contributed by atoms with Gasteiger partial charge in [-0.05, 0) is 63.0 Å².